The number of halogens is 1. The van der Waals surface area contributed by atoms with Gasteiger partial charge in [0, 0.05) is 16.1 Å². The van der Waals surface area contributed by atoms with Crippen molar-refractivity contribution in [3.05, 3.63) is 46.1 Å². The Morgan fingerprint density at radius 3 is 2.88 bits per heavy atom. The van der Waals surface area contributed by atoms with E-state index >= 15 is 0 Å². The molecule has 1 aromatic carbocycles. The molecule has 0 aliphatic carbocycles. The van der Waals surface area contributed by atoms with Gasteiger partial charge in [-0.3, -0.25) is 9.89 Å². The molecule has 1 heterocycles. The first-order chi connectivity index (χ1) is 7.65. The zero-order valence-electron chi connectivity index (χ0n) is 8.62. The highest BCUT2D eigenvalue weighted by Gasteiger charge is 2.07. The van der Waals surface area contributed by atoms with Gasteiger partial charge in [0.2, 0.25) is 0 Å². The molecule has 2 rings (SSSR count). The maximum Gasteiger partial charge on any atom is 0.256 e. The van der Waals surface area contributed by atoms with Gasteiger partial charge in [-0.25, -0.2) is 0 Å². The number of benzene rings is 1. The van der Waals surface area contributed by atoms with Crippen LogP contribution in [0.3, 0.4) is 0 Å². The van der Waals surface area contributed by atoms with Crippen molar-refractivity contribution < 1.29 is 4.79 Å². The summed E-state index contributed by atoms with van der Waals surface area (Å²) >= 11 is 3.36. The minimum atomic E-state index is -0.159. The average molecular weight is 280 g/mol. The van der Waals surface area contributed by atoms with Gasteiger partial charge in [0.25, 0.3) is 5.91 Å². The minimum Gasteiger partial charge on any atom is -0.307 e. The Balaban J connectivity index is 2.21. The fourth-order valence-corrected chi connectivity index (χ4v) is 2.00. The molecule has 16 heavy (non-hydrogen) atoms. The van der Waals surface area contributed by atoms with E-state index in [-0.39, 0.29) is 5.91 Å². The smallest absolute Gasteiger partial charge is 0.256 e. The van der Waals surface area contributed by atoms with Gasteiger partial charge in [-0.2, -0.15) is 5.10 Å². The summed E-state index contributed by atoms with van der Waals surface area (Å²) in [6.45, 7) is 1.94. The van der Waals surface area contributed by atoms with E-state index in [2.05, 4.69) is 31.4 Å². The second-order valence-corrected chi connectivity index (χ2v) is 4.36. The lowest BCUT2D eigenvalue weighted by atomic mass is 10.1. The lowest BCUT2D eigenvalue weighted by Crippen LogP contribution is -2.12. The zero-order chi connectivity index (χ0) is 11.5. The van der Waals surface area contributed by atoms with Gasteiger partial charge >= 0.3 is 0 Å². The van der Waals surface area contributed by atoms with E-state index in [1.165, 1.54) is 0 Å². The topological polar surface area (TPSA) is 57.8 Å². The highest BCUT2D eigenvalue weighted by molar-refractivity contribution is 9.10. The Morgan fingerprint density at radius 1 is 1.44 bits per heavy atom. The van der Waals surface area contributed by atoms with Crippen LogP contribution in [0, 0.1) is 6.92 Å². The summed E-state index contributed by atoms with van der Waals surface area (Å²) in [7, 11) is 0. The molecular formula is C11H10BrN3O. The second-order valence-electron chi connectivity index (χ2n) is 3.44. The van der Waals surface area contributed by atoms with Crippen molar-refractivity contribution in [2.75, 3.05) is 5.32 Å². The molecule has 5 heteroatoms. The van der Waals surface area contributed by atoms with E-state index in [1.54, 1.807) is 18.3 Å². The molecule has 0 bridgehead atoms. The summed E-state index contributed by atoms with van der Waals surface area (Å²) < 4.78 is 0.891. The SMILES string of the molecule is Cc1cc(Br)cc(C(=O)Nc2ccn[nH]2)c1. The van der Waals surface area contributed by atoms with E-state index in [0.29, 0.717) is 11.4 Å². The fourth-order valence-electron chi connectivity index (χ4n) is 1.39. The molecule has 0 radical (unpaired) electrons. The number of H-pyrrole nitrogens is 1. The van der Waals surface area contributed by atoms with Crippen LogP contribution in [0.15, 0.2) is 34.9 Å². The summed E-state index contributed by atoms with van der Waals surface area (Å²) in [5.41, 5.74) is 1.64. The van der Waals surface area contributed by atoms with Gasteiger partial charge in [-0.05, 0) is 30.7 Å². The monoisotopic (exact) mass is 279 g/mol. The van der Waals surface area contributed by atoms with E-state index in [0.717, 1.165) is 10.0 Å². The number of aromatic nitrogens is 2. The molecule has 4 nitrogen and oxygen atoms in total. The number of aromatic amines is 1. The van der Waals surface area contributed by atoms with Gasteiger partial charge in [-0.15, -0.1) is 0 Å². The molecule has 0 saturated heterocycles. The van der Waals surface area contributed by atoms with Gasteiger partial charge in [0.1, 0.15) is 5.82 Å². The van der Waals surface area contributed by atoms with Crippen molar-refractivity contribution in [3.63, 3.8) is 0 Å². The molecule has 0 spiro atoms. The number of amides is 1. The van der Waals surface area contributed by atoms with Crippen LogP contribution in [0.2, 0.25) is 0 Å². The van der Waals surface area contributed by atoms with E-state index in [9.17, 15) is 4.79 Å². The van der Waals surface area contributed by atoms with E-state index in [1.807, 2.05) is 19.1 Å². The van der Waals surface area contributed by atoms with Gasteiger partial charge < -0.3 is 5.32 Å². The lowest BCUT2D eigenvalue weighted by molar-refractivity contribution is 0.102. The van der Waals surface area contributed by atoms with Gasteiger partial charge in [0.15, 0.2) is 0 Å². The highest BCUT2D eigenvalue weighted by atomic mass is 79.9. The van der Waals surface area contributed by atoms with Gasteiger partial charge in [-0.1, -0.05) is 15.9 Å². The molecule has 0 aliphatic heterocycles. The summed E-state index contributed by atoms with van der Waals surface area (Å²) in [5.74, 6) is 0.427. The number of anilines is 1. The number of carbonyl (C=O) groups is 1. The Kier molecular flexibility index (Phi) is 3.05. The van der Waals surface area contributed by atoms with Crippen LogP contribution in [0.4, 0.5) is 5.82 Å². The van der Waals surface area contributed by atoms with Crippen LogP contribution < -0.4 is 5.32 Å². The molecule has 2 N–H and O–H groups in total. The standard InChI is InChI=1S/C11H10BrN3O/c1-7-4-8(6-9(12)5-7)11(16)14-10-2-3-13-15-10/h2-6H,1H3,(H2,13,14,15,16). The summed E-state index contributed by atoms with van der Waals surface area (Å²) in [5, 5.41) is 9.14. The Morgan fingerprint density at radius 2 is 2.25 bits per heavy atom. The van der Waals surface area contributed by atoms with Gasteiger partial charge in [0.05, 0.1) is 6.20 Å². The number of hydrogen-bond acceptors (Lipinski definition) is 2. The van der Waals surface area contributed by atoms with Crippen LogP contribution in [0.25, 0.3) is 0 Å². The Bertz CT molecular complexity index is 488. The lowest BCUT2D eigenvalue weighted by Gasteiger charge is -2.04. The molecule has 1 amide bonds. The molecular weight excluding hydrogens is 270 g/mol. The first-order valence-electron chi connectivity index (χ1n) is 4.73. The quantitative estimate of drug-likeness (QED) is 0.888. The molecule has 0 saturated carbocycles. The molecule has 2 aromatic rings. The molecule has 82 valence electrons. The fraction of sp³-hybridized carbons (Fsp3) is 0.0909. The van der Waals surface area contributed by atoms with Crippen molar-refractivity contribution in [2.45, 2.75) is 6.92 Å². The maximum absolute atomic E-state index is 11.8. The third-order valence-electron chi connectivity index (χ3n) is 2.05. The molecule has 0 atom stereocenters. The third kappa shape index (κ3) is 2.49. The maximum atomic E-state index is 11.8. The summed E-state index contributed by atoms with van der Waals surface area (Å²) in [4.78, 5) is 11.8. The first kappa shape index (κ1) is 10.9. The molecule has 1 aromatic heterocycles. The molecule has 0 unspecified atom stereocenters. The van der Waals surface area contributed by atoms with Crippen LogP contribution >= 0.6 is 15.9 Å². The number of rotatable bonds is 2. The average Bonchev–Trinajstić information content (AvgIpc) is 2.68. The minimum absolute atomic E-state index is 0.159. The third-order valence-corrected chi connectivity index (χ3v) is 2.51. The van der Waals surface area contributed by atoms with E-state index < -0.39 is 0 Å². The molecule has 0 fully saturated rings. The zero-order valence-corrected chi connectivity index (χ0v) is 10.2. The largest absolute Gasteiger partial charge is 0.307 e. The first-order valence-corrected chi connectivity index (χ1v) is 5.52. The second kappa shape index (κ2) is 4.49. The van der Waals surface area contributed by atoms with Crippen molar-refractivity contribution >= 4 is 27.7 Å². The number of aryl methyl sites for hydroxylation is 1. The predicted octanol–water partition coefficient (Wildman–Crippen LogP) is 2.73. The molecule has 0 aliphatic rings. The summed E-state index contributed by atoms with van der Waals surface area (Å²) in [6.07, 6.45) is 1.59. The number of nitrogens with zero attached hydrogens (tertiary/aromatic N) is 1. The van der Waals surface area contributed by atoms with Crippen LogP contribution in [0.5, 0.6) is 0 Å². The van der Waals surface area contributed by atoms with Crippen molar-refractivity contribution in [2.24, 2.45) is 0 Å². The van der Waals surface area contributed by atoms with Crippen molar-refractivity contribution in [1.29, 1.82) is 0 Å². The number of nitrogens with one attached hydrogen (secondary N) is 2. The van der Waals surface area contributed by atoms with Crippen LogP contribution in [0.1, 0.15) is 15.9 Å². The highest BCUT2D eigenvalue weighted by Crippen LogP contribution is 2.16. The van der Waals surface area contributed by atoms with Crippen LogP contribution in [-0.4, -0.2) is 16.1 Å². The number of carbonyl (C=O) groups excluding carboxylic acids is 1. The van der Waals surface area contributed by atoms with Crippen molar-refractivity contribution in [1.82, 2.24) is 10.2 Å². The number of hydrogen-bond donors (Lipinski definition) is 2. The van der Waals surface area contributed by atoms with E-state index in [4.69, 9.17) is 0 Å². The van der Waals surface area contributed by atoms with Crippen LogP contribution in [-0.2, 0) is 0 Å². The normalized spacial score (nSPS) is 10.1. The summed E-state index contributed by atoms with van der Waals surface area (Å²) in [6, 6.07) is 7.25. The Hall–Kier alpha value is -1.62. The Labute approximate surface area is 101 Å². The predicted molar refractivity (Wildman–Crippen MR) is 65.4 cm³/mol. The van der Waals surface area contributed by atoms with Crippen molar-refractivity contribution in [3.8, 4) is 0 Å².